The number of carboxylic acids is 1. The maximum atomic E-state index is 12.7. The molecule has 0 bridgehead atoms. The summed E-state index contributed by atoms with van der Waals surface area (Å²) in [7, 11) is 0. The molecule has 2 aliphatic carbocycles. The number of anilines is 1. The average molecular weight is 415 g/mol. The summed E-state index contributed by atoms with van der Waals surface area (Å²) in [4.78, 5) is 24.6. The van der Waals surface area contributed by atoms with Crippen LogP contribution < -0.4 is 5.32 Å². The summed E-state index contributed by atoms with van der Waals surface area (Å²) in [5.41, 5.74) is 4.43. The first-order valence-electron chi connectivity index (χ1n) is 10.8. The maximum absolute atomic E-state index is 12.7. The van der Waals surface area contributed by atoms with Gasteiger partial charge in [-0.15, -0.1) is 0 Å². The first-order valence-corrected chi connectivity index (χ1v) is 10.8. The number of aryl methyl sites for hydroxylation is 1. The summed E-state index contributed by atoms with van der Waals surface area (Å²) in [6.07, 6.45) is 7.89. The van der Waals surface area contributed by atoms with Crippen LogP contribution in [-0.2, 0) is 4.79 Å². The number of nitrogens with zero attached hydrogens (tertiary/aromatic N) is 2. The van der Waals surface area contributed by atoms with E-state index in [1.165, 1.54) is 17.5 Å². The maximum Gasteiger partial charge on any atom is 0.336 e. The van der Waals surface area contributed by atoms with Gasteiger partial charge in [0.1, 0.15) is 0 Å². The number of hydrogen-bond donors (Lipinski definition) is 2. The van der Waals surface area contributed by atoms with Gasteiger partial charge >= 0.3 is 5.97 Å². The Hall–Kier alpha value is -3.41. The summed E-state index contributed by atoms with van der Waals surface area (Å²) in [6, 6.07) is 13.7. The van der Waals surface area contributed by atoms with E-state index in [2.05, 4.69) is 22.5 Å². The molecule has 1 aromatic heterocycles. The molecule has 0 radical (unpaired) electrons. The third-order valence-electron chi connectivity index (χ3n) is 6.48. The van der Waals surface area contributed by atoms with Crippen LogP contribution in [0.2, 0.25) is 0 Å². The van der Waals surface area contributed by atoms with Gasteiger partial charge in [0, 0.05) is 23.4 Å². The van der Waals surface area contributed by atoms with E-state index in [4.69, 9.17) is 0 Å². The van der Waals surface area contributed by atoms with E-state index in [-0.39, 0.29) is 23.3 Å². The monoisotopic (exact) mass is 415 g/mol. The molecule has 3 aromatic rings. The summed E-state index contributed by atoms with van der Waals surface area (Å²) < 4.78 is 1.93. The second-order valence-electron chi connectivity index (χ2n) is 8.71. The lowest BCUT2D eigenvalue weighted by atomic mass is 9.93. The third-order valence-corrected chi connectivity index (χ3v) is 6.48. The Morgan fingerprint density at radius 3 is 2.71 bits per heavy atom. The third kappa shape index (κ3) is 3.85. The Kier molecular flexibility index (Phi) is 4.85. The molecule has 2 N–H and O–H groups in total. The lowest BCUT2D eigenvalue weighted by Crippen LogP contribution is -2.17. The zero-order valence-corrected chi connectivity index (χ0v) is 17.4. The molecule has 6 nitrogen and oxygen atoms in total. The number of carbonyl (C=O) groups excluding carboxylic acids is 1. The molecule has 6 heteroatoms. The Morgan fingerprint density at radius 1 is 1.16 bits per heavy atom. The van der Waals surface area contributed by atoms with Gasteiger partial charge in [-0.25, -0.2) is 4.79 Å². The number of amides is 1. The minimum absolute atomic E-state index is 0.0617. The molecule has 2 atom stereocenters. The minimum Gasteiger partial charge on any atom is -0.478 e. The molecule has 2 fully saturated rings. The van der Waals surface area contributed by atoms with Gasteiger partial charge in [-0.3, -0.25) is 9.48 Å². The summed E-state index contributed by atoms with van der Waals surface area (Å²) >= 11 is 0. The van der Waals surface area contributed by atoms with E-state index in [1.807, 2.05) is 29.9 Å². The molecular formula is C25H25N3O3. The number of benzene rings is 2. The Balaban J connectivity index is 1.32. The van der Waals surface area contributed by atoms with E-state index in [0.29, 0.717) is 17.3 Å². The largest absolute Gasteiger partial charge is 0.478 e. The van der Waals surface area contributed by atoms with Crippen molar-refractivity contribution in [2.24, 2.45) is 5.92 Å². The van der Waals surface area contributed by atoms with Crippen molar-refractivity contribution in [3.63, 3.8) is 0 Å². The van der Waals surface area contributed by atoms with Gasteiger partial charge in [0.15, 0.2) is 0 Å². The van der Waals surface area contributed by atoms with Crippen molar-refractivity contribution < 1.29 is 14.7 Å². The zero-order chi connectivity index (χ0) is 21.5. The highest BCUT2D eigenvalue weighted by Crippen LogP contribution is 2.48. The molecular weight excluding hydrogens is 390 g/mol. The number of nitrogens with one attached hydrogen (secondary N) is 1. The van der Waals surface area contributed by atoms with E-state index in [0.717, 1.165) is 24.8 Å². The molecule has 158 valence electrons. The van der Waals surface area contributed by atoms with Crippen LogP contribution in [0.15, 0.2) is 54.9 Å². The van der Waals surface area contributed by atoms with Crippen LogP contribution in [0.1, 0.15) is 59.1 Å². The number of rotatable bonds is 6. The van der Waals surface area contributed by atoms with Crippen molar-refractivity contribution in [2.75, 3.05) is 5.32 Å². The number of carboxylic acid groups (broad SMARTS) is 1. The second-order valence-corrected chi connectivity index (χ2v) is 8.71. The summed E-state index contributed by atoms with van der Waals surface area (Å²) in [5.74, 6) is -0.925. The van der Waals surface area contributed by atoms with Crippen LogP contribution >= 0.6 is 0 Å². The van der Waals surface area contributed by atoms with E-state index >= 15 is 0 Å². The Bertz CT molecular complexity index is 1160. The summed E-state index contributed by atoms with van der Waals surface area (Å²) in [5, 5.41) is 17.1. The van der Waals surface area contributed by atoms with Gasteiger partial charge < -0.3 is 10.4 Å². The molecule has 2 aromatic carbocycles. The quantitative estimate of drug-likeness (QED) is 0.592. The van der Waals surface area contributed by atoms with Gasteiger partial charge in [0.05, 0.1) is 17.8 Å². The molecule has 0 aliphatic heterocycles. The van der Waals surface area contributed by atoms with Gasteiger partial charge in [0.25, 0.3) is 0 Å². The second kappa shape index (κ2) is 7.69. The zero-order valence-electron chi connectivity index (χ0n) is 17.4. The van der Waals surface area contributed by atoms with E-state index in [9.17, 15) is 14.7 Å². The summed E-state index contributed by atoms with van der Waals surface area (Å²) in [6.45, 7) is 2.05. The smallest absolute Gasteiger partial charge is 0.336 e. The number of aromatic carboxylic acids is 1. The van der Waals surface area contributed by atoms with Crippen LogP contribution in [0.25, 0.3) is 11.1 Å². The molecule has 0 saturated heterocycles. The van der Waals surface area contributed by atoms with Crippen LogP contribution in [0.4, 0.5) is 5.69 Å². The lowest BCUT2D eigenvalue weighted by molar-refractivity contribution is -0.117. The van der Waals surface area contributed by atoms with Crippen molar-refractivity contribution in [3.05, 3.63) is 71.5 Å². The Morgan fingerprint density at radius 2 is 2.00 bits per heavy atom. The van der Waals surface area contributed by atoms with Crippen molar-refractivity contribution in [2.45, 2.75) is 44.6 Å². The topological polar surface area (TPSA) is 84.2 Å². The van der Waals surface area contributed by atoms with E-state index < -0.39 is 5.97 Å². The molecule has 1 heterocycles. The SMILES string of the molecule is Cc1cccc([C@@H]2C[C@H]2C(=O)Nc2ccc(-c3cnn(C4CCC4)c3)c(C(=O)O)c2)c1. The molecule has 31 heavy (non-hydrogen) atoms. The molecule has 0 unspecified atom stereocenters. The molecule has 1 amide bonds. The average Bonchev–Trinajstić information content (AvgIpc) is 3.38. The predicted molar refractivity (Wildman–Crippen MR) is 118 cm³/mol. The fourth-order valence-electron chi connectivity index (χ4n) is 4.37. The lowest BCUT2D eigenvalue weighted by Gasteiger charge is -2.25. The van der Waals surface area contributed by atoms with Crippen LogP contribution in [0.5, 0.6) is 0 Å². The first-order chi connectivity index (χ1) is 15.0. The number of carbonyl (C=O) groups is 2. The van der Waals surface area contributed by atoms with Crippen molar-refractivity contribution in [1.29, 1.82) is 0 Å². The van der Waals surface area contributed by atoms with Crippen LogP contribution in [-0.4, -0.2) is 26.8 Å². The molecule has 5 rings (SSSR count). The molecule has 2 aliphatic rings. The fourth-order valence-corrected chi connectivity index (χ4v) is 4.37. The highest BCUT2D eigenvalue weighted by Gasteiger charge is 2.44. The van der Waals surface area contributed by atoms with Gasteiger partial charge in [-0.2, -0.15) is 5.10 Å². The van der Waals surface area contributed by atoms with Gasteiger partial charge in [-0.05, 0) is 61.8 Å². The van der Waals surface area contributed by atoms with Crippen LogP contribution in [0.3, 0.4) is 0 Å². The van der Waals surface area contributed by atoms with Crippen LogP contribution in [0, 0.1) is 12.8 Å². The number of aromatic nitrogens is 2. The highest BCUT2D eigenvalue weighted by atomic mass is 16.4. The standard InChI is InChI=1S/C25H25N3O3/c1-15-4-2-5-16(10-15)21-12-22(21)24(29)27-18-8-9-20(23(11-18)25(30)31)17-13-26-28(14-17)19-6-3-7-19/h2,4-5,8-11,13-14,19,21-22H,3,6-7,12H2,1H3,(H,27,29)(H,30,31)/t21-,22+/m0/s1. The van der Waals surface area contributed by atoms with Gasteiger partial charge in [0.2, 0.25) is 5.91 Å². The normalized spacial score (nSPS) is 20.2. The fraction of sp³-hybridized carbons (Fsp3) is 0.320. The van der Waals surface area contributed by atoms with Crippen molar-refractivity contribution in [3.8, 4) is 11.1 Å². The molecule has 0 spiro atoms. The number of hydrogen-bond acceptors (Lipinski definition) is 3. The van der Waals surface area contributed by atoms with Gasteiger partial charge in [-0.1, -0.05) is 35.9 Å². The minimum atomic E-state index is -1.02. The van der Waals surface area contributed by atoms with Crippen molar-refractivity contribution >= 4 is 17.6 Å². The highest BCUT2D eigenvalue weighted by molar-refractivity contribution is 6.00. The Labute approximate surface area is 180 Å². The van der Waals surface area contributed by atoms with Crippen molar-refractivity contribution in [1.82, 2.24) is 9.78 Å². The molecule has 2 saturated carbocycles. The van der Waals surface area contributed by atoms with E-state index in [1.54, 1.807) is 24.4 Å². The first kappa shape index (κ1) is 19.5. The predicted octanol–water partition coefficient (Wildman–Crippen LogP) is 5.02.